The lowest BCUT2D eigenvalue weighted by Gasteiger charge is -2.17. The van der Waals surface area contributed by atoms with Crippen LogP contribution >= 0.6 is 0 Å². The summed E-state index contributed by atoms with van der Waals surface area (Å²) in [4.78, 5) is 11.5. The molecule has 192 valence electrons. The van der Waals surface area contributed by atoms with E-state index in [1.54, 1.807) is 0 Å². The predicted octanol–water partition coefficient (Wildman–Crippen LogP) is 5.79. The predicted molar refractivity (Wildman–Crippen MR) is 127 cm³/mol. The molecule has 0 aliphatic carbocycles. The molecule has 2 aromatic rings. The van der Waals surface area contributed by atoms with Gasteiger partial charge in [-0.25, -0.2) is 0 Å². The highest BCUT2D eigenvalue weighted by atomic mass is 19.4. The maximum absolute atomic E-state index is 12.9. The van der Waals surface area contributed by atoms with Gasteiger partial charge < -0.3 is 19.3 Å². The highest BCUT2D eigenvalue weighted by Crippen LogP contribution is 2.36. The summed E-state index contributed by atoms with van der Waals surface area (Å²) in [6, 6.07) is 8.01. The minimum Gasteiger partial charge on any atom is -0.507 e. The fourth-order valence-corrected chi connectivity index (χ4v) is 3.61. The second kappa shape index (κ2) is 13.0. The number of phenolic OH excluding ortho intramolecular Hbond substituents is 1. The van der Waals surface area contributed by atoms with Crippen LogP contribution < -0.4 is 9.47 Å². The molecule has 35 heavy (non-hydrogen) atoms. The number of carbonyl (C=O) groups excluding carboxylic acids is 1. The molecular weight excluding hydrogens is 463 g/mol. The fourth-order valence-electron chi connectivity index (χ4n) is 3.61. The molecule has 0 spiro atoms. The minimum atomic E-state index is -4.85. The Labute approximate surface area is 203 Å². The Kier molecular flexibility index (Phi) is 10.4. The molecule has 0 saturated carbocycles. The van der Waals surface area contributed by atoms with Gasteiger partial charge in [0, 0.05) is 17.5 Å². The van der Waals surface area contributed by atoms with Crippen molar-refractivity contribution in [2.45, 2.75) is 58.5 Å². The van der Waals surface area contributed by atoms with Gasteiger partial charge in [-0.3, -0.25) is 10.2 Å². The Morgan fingerprint density at radius 1 is 1.00 bits per heavy atom. The third kappa shape index (κ3) is 7.90. The van der Waals surface area contributed by atoms with Crippen LogP contribution in [0, 0.1) is 5.41 Å². The number of carbonyl (C=O) groups is 1. The summed E-state index contributed by atoms with van der Waals surface area (Å²) < 4.78 is 55.1. The van der Waals surface area contributed by atoms with E-state index in [4.69, 9.17) is 19.6 Å². The maximum atomic E-state index is 12.9. The Morgan fingerprint density at radius 2 is 1.63 bits per heavy atom. The van der Waals surface area contributed by atoms with Gasteiger partial charge in [-0.2, -0.15) is 13.2 Å². The molecule has 0 aromatic heterocycles. The third-order valence-corrected chi connectivity index (χ3v) is 5.32. The van der Waals surface area contributed by atoms with Crippen molar-refractivity contribution in [2.75, 3.05) is 20.3 Å². The number of esters is 1. The summed E-state index contributed by atoms with van der Waals surface area (Å²) in [6.07, 6.45) is -1.56. The van der Waals surface area contributed by atoms with Gasteiger partial charge in [-0.15, -0.1) is 0 Å². The number of ether oxygens (including phenoxy) is 3. The molecule has 0 bridgehead atoms. The highest BCUT2D eigenvalue weighted by molar-refractivity contribution is 6.04. The largest absolute Gasteiger partial charge is 0.507 e. The minimum absolute atomic E-state index is 0.190. The van der Waals surface area contributed by atoms with Crippen molar-refractivity contribution in [1.82, 2.24) is 0 Å². The van der Waals surface area contributed by atoms with Gasteiger partial charge in [-0.05, 0) is 42.2 Å². The second-order valence-corrected chi connectivity index (χ2v) is 8.06. The summed E-state index contributed by atoms with van der Waals surface area (Å²) in [5.41, 5.74) is -0.0520. The van der Waals surface area contributed by atoms with E-state index < -0.39 is 23.2 Å². The Hall–Kier alpha value is -3.23. The normalized spacial score (nSPS) is 11.3. The van der Waals surface area contributed by atoms with Gasteiger partial charge in [0.15, 0.2) is 0 Å². The number of halogens is 3. The van der Waals surface area contributed by atoms with E-state index in [1.165, 1.54) is 13.2 Å². The zero-order chi connectivity index (χ0) is 26.0. The van der Waals surface area contributed by atoms with E-state index in [-0.39, 0.29) is 24.6 Å². The van der Waals surface area contributed by atoms with Crippen LogP contribution in [-0.2, 0) is 28.8 Å². The lowest BCUT2D eigenvalue weighted by atomic mass is 10.00. The molecule has 0 atom stereocenters. The van der Waals surface area contributed by atoms with Crippen LogP contribution in [-0.4, -0.2) is 43.3 Å². The number of aromatic hydroxyl groups is 1. The zero-order valence-electron chi connectivity index (χ0n) is 20.3. The van der Waals surface area contributed by atoms with Crippen molar-refractivity contribution in [2.24, 2.45) is 0 Å². The van der Waals surface area contributed by atoms with Crippen LogP contribution in [0.15, 0.2) is 30.3 Å². The molecule has 0 amide bonds. The standard InChI is InChI=1S/C26H32F3NO5/c1-4-7-18-15-17(16-23(31)33-3)9-11-21(18)34-13-6-14-35-22-12-10-20(25(30)26(27,28)29)24(32)19(22)8-5-2/h9-12,15,30,32H,4-8,13-14,16H2,1-3H3. The quantitative estimate of drug-likeness (QED) is 0.209. The van der Waals surface area contributed by atoms with E-state index in [1.807, 2.05) is 25.1 Å². The number of alkyl halides is 3. The van der Waals surface area contributed by atoms with Gasteiger partial charge in [0.25, 0.3) is 0 Å². The summed E-state index contributed by atoms with van der Waals surface area (Å²) in [5, 5.41) is 17.7. The topological polar surface area (TPSA) is 88.8 Å². The van der Waals surface area contributed by atoms with Crippen molar-refractivity contribution >= 4 is 11.7 Å². The molecular formula is C26H32F3NO5. The maximum Gasteiger partial charge on any atom is 0.433 e. The number of rotatable bonds is 13. The molecule has 0 heterocycles. The number of aryl methyl sites for hydroxylation is 1. The smallest absolute Gasteiger partial charge is 0.433 e. The molecule has 0 radical (unpaired) electrons. The first kappa shape index (κ1) is 28.0. The van der Waals surface area contributed by atoms with Gasteiger partial charge in [0.05, 0.1) is 26.7 Å². The van der Waals surface area contributed by atoms with Crippen LogP contribution in [0.25, 0.3) is 0 Å². The van der Waals surface area contributed by atoms with Crippen LogP contribution in [0.4, 0.5) is 13.2 Å². The highest BCUT2D eigenvalue weighted by Gasteiger charge is 2.37. The first-order valence-electron chi connectivity index (χ1n) is 11.6. The molecule has 9 heteroatoms. The van der Waals surface area contributed by atoms with Crippen LogP contribution in [0.5, 0.6) is 17.2 Å². The molecule has 0 aliphatic rings. The Bertz CT molecular complexity index is 1020. The van der Waals surface area contributed by atoms with E-state index in [0.717, 1.165) is 35.8 Å². The number of benzene rings is 2. The number of methoxy groups -OCH3 is 1. The second-order valence-electron chi connectivity index (χ2n) is 8.06. The number of hydrogen-bond donors (Lipinski definition) is 2. The van der Waals surface area contributed by atoms with Gasteiger partial charge in [0.1, 0.15) is 23.0 Å². The molecule has 2 aromatic carbocycles. The Morgan fingerprint density at radius 3 is 2.23 bits per heavy atom. The number of hydrogen-bond acceptors (Lipinski definition) is 6. The molecule has 0 fully saturated rings. The first-order valence-corrected chi connectivity index (χ1v) is 11.6. The van der Waals surface area contributed by atoms with E-state index in [9.17, 15) is 23.1 Å². The molecule has 0 aliphatic heterocycles. The van der Waals surface area contributed by atoms with Gasteiger partial charge in [0.2, 0.25) is 0 Å². The SMILES string of the molecule is CCCc1cc(CC(=O)OC)ccc1OCCCOc1ccc(C(=N)C(F)(F)F)c(O)c1CCC. The summed E-state index contributed by atoms with van der Waals surface area (Å²) >= 11 is 0. The zero-order valence-corrected chi connectivity index (χ0v) is 20.3. The lowest BCUT2D eigenvalue weighted by Crippen LogP contribution is -2.23. The van der Waals surface area contributed by atoms with Gasteiger partial charge in [-0.1, -0.05) is 38.8 Å². The van der Waals surface area contributed by atoms with Gasteiger partial charge >= 0.3 is 12.1 Å². The fraction of sp³-hybridized carbons (Fsp3) is 0.462. The van der Waals surface area contributed by atoms with E-state index in [2.05, 4.69) is 6.92 Å². The van der Waals surface area contributed by atoms with E-state index >= 15 is 0 Å². The van der Waals surface area contributed by atoms with Crippen molar-refractivity contribution in [1.29, 1.82) is 5.41 Å². The summed E-state index contributed by atoms with van der Waals surface area (Å²) in [6.45, 7) is 4.47. The van der Waals surface area contributed by atoms with Crippen LogP contribution in [0.2, 0.25) is 0 Å². The van der Waals surface area contributed by atoms with Crippen LogP contribution in [0.3, 0.4) is 0 Å². The van der Waals surface area contributed by atoms with Crippen molar-refractivity contribution in [3.63, 3.8) is 0 Å². The molecule has 0 unspecified atom stereocenters. The number of phenols is 1. The van der Waals surface area contributed by atoms with Crippen molar-refractivity contribution in [3.05, 3.63) is 52.6 Å². The summed E-state index contributed by atoms with van der Waals surface area (Å²) in [7, 11) is 1.35. The molecule has 2 N–H and O–H groups in total. The van der Waals surface area contributed by atoms with Crippen molar-refractivity contribution < 1.29 is 37.3 Å². The lowest BCUT2D eigenvalue weighted by molar-refractivity contribution is -0.139. The Balaban J connectivity index is 2.01. The average Bonchev–Trinajstić information content (AvgIpc) is 2.81. The number of nitrogens with one attached hydrogen (secondary N) is 1. The molecule has 0 saturated heterocycles. The monoisotopic (exact) mass is 495 g/mol. The average molecular weight is 496 g/mol. The van der Waals surface area contributed by atoms with Crippen LogP contribution in [0.1, 0.15) is 55.4 Å². The molecule has 2 rings (SSSR count). The first-order chi connectivity index (χ1) is 16.6. The van der Waals surface area contributed by atoms with Crippen molar-refractivity contribution in [3.8, 4) is 17.2 Å². The summed E-state index contributed by atoms with van der Waals surface area (Å²) in [5.74, 6) is 0.135. The molecule has 6 nitrogen and oxygen atoms in total. The third-order valence-electron chi connectivity index (χ3n) is 5.32. The van der Waals surface area contributed by atoms with E-state index in [0.29, 0.717) is 31.6 Å².